The normalized spacial score (nSPS) is 10.6. The van der Waals surface area contributed by atoms with Crippen molar-refractivity contribution in [3.05, 3.63) is 36.2 Å². The highest BCUT2D eigenvalue weighted by atomic mass is 32.2. The molecule has 1 aromatic carbocycles. The predicted octanol–water partition coefficient (Wildman–Crippen LogP) is 3.51. The fourth-order valence-corrected chi connectivity index (χ4v) is 2.83. The van der Waals surface area contributed by atoms with Gasteiger partial charge in [0.2, 0.25) is 5.91 Å². The van der Waals surface area contributed by atoms with Crippen molar-refractivity contribution >= 4 is 23.4 Å². The van der Waals surface area contributed by atoms with Crippen LogP contribution in [0.1, 0.15) is 31.7 Å². The molecule has 0 bridgehead atoms. The molecule has 0 saturated heterocycles. The number of amides is 1. The molecule has 0 aliphatic rings. The number of aryl methyl sites for hydroxylation is 2. The zero-order valence-electron chi connectivity index (χ0n) is 13.1. The van der Waals surface area contributed by atoms with E-state index in [0.29, 0.717) is 5.75 Å². The van der Waals surface area contributed by atoms with Crippen molar-refractivity contribution in [3.63, 3.8) is 0 Å². The molecule has 1 amide bonds. The average Bonchev–Trinajstić information content (AvgIpc) is 2.93. The highest BCUT2D eigenvalue weighted by Crippen LogP contribution is 2.17. The standard InChI is InChI=1S/C16H22N4OS/c1-3-4-5-9-20-12-17-19-16(20)22-11-15(21)18-14-8-6-7-13(2)10-14/h6-8,10,12H,3-5,9,11H2,1-2H3,(H,18,21). The number of anilines is 1. The van der Waals surface area contributed by atoms with E-state index in [1.807, 2.05) is 35.8 Å². The van der Waals surface area contributed by atoms with Gasteiger partial charge in [0.25, 0.3) is 0 Å². The van der Waals surface area contributed by atoms with Gasteiger partial charge in [-0.25, -0.2) is 0 Å². The number of rotatable bonds is 8. The Bertz CT molecular complexity index is 612. The summed E-state index contributed by atoms with van der Waals surface area (Å²) in [5.74, 6) is 0.305. The number of nitrogens with one attached hydrogen (secondary N) is 1. The van der Waals surface area contributed by atoms with Gasteiger partial charge < -0.3 is 9.88 Å². The lowest BCUT2D eigenvalue weighted by molar-refractivity contribution is -0.113. The van der Waals surface area contributed by atoms with E-state index in [2.05, 4.69) is 22.4 Å². The Hall–Kier alpha value is -1.82. The number of carbonyl (C=O) groups is 1. The molecule has 0 fully saturated rings. The van der Waals surface area contributed by atoms with Gasteiger partial charge in [0, 0.05) is 12.2 Å². The van der Waals surface area contributed by atoms with Crippen molar-refractivity contribution in [3.8, 4) is 0 Å². The highest BCUT2D eigenvalue weighted by Gasteiger charge is 2.09. The minimum atomic E-state index is -0.0290. The molecule has 22 heavy (non-hydrogen) atoms. The molecule has 1 N–H and O–H groups in total. The van der Waals surface area contributed by atoms with E-state index < -0.39 is 0 Å². The Morgan fingerprint density at radius 3 is 3.00 bits per heavy atom. The highest BCUT2D eigenvalue weighted by molar-refractivity contribution is 7.99. The van der Waals surface area contributed by atoms with Crippen LogP contribution in [0, 0.1) is 6.92 Å². The van der Waals surface area contributed by atoms with Gasteiger partial charge in [-0.1, -0.05) is 43.7 Å². The molecule has 2 rings (SSSR count). The quantitative estimate of drug-likeness (QED) is 0.598. The summed E-state index contributed by atoms with van der Waals surface area (Å²) in [4.78, 5) is 12.0. The Labute approximate surface area is 135 Å². The van der Waals surface area contributed by atoms with Crippen molar-refractivity contribution < 1.29 is 4.79 Å². The van der Waals surface area contributed by atoms with Gasteiger partial charge in [-0.05, 0) is 31.0 Å². The van der Waals surface area contributed by atoms with E-state index in [0.717, 1.165) is 29.4 Å². The minimum absolute atomic E-state index is 0.0290. The topological polar surface area (TPSA) is 59.8 Å². The van der Waals surface area contributed by atoms with E-state index in [-0.39, 0.29) is 5.91 Å². The van der Waals surface area contributed by atoms with Crippen LogP contribution in [0.15, 0.2) is 35.7 Å². The van der Waals surface area contributed by atoms with Crippen molar-refractivity contribution in [2.75, 3.05) is 11.1 Å². The monoisotopic (exact) mass is 318 g/mol. The SMILES string of the molecule is CCCCCn1cnnc1SCC(=O)Nc1cccc(C)c1. The summed E-state index contributed by atoms with van der Waals surface area (Å²) in [6, 6.07) is 7.78. The third-order valence-corrected chi connectivity index (χ3v) is 4.20. The first kappa shape index (κ1) is 16.5. The van der Waals surface area contributed by atoms with Crippen LogP contribution in [-0.2, 0) is 11.3 Å². The number of benzene rings is 1. The van der Waals surface area contributed by atoms with Crippen LogP contribution in [0.3, 0.4) is 0 Å². The number of unbranched alkanes of at least 4 members (excludes halogenated alkanes) is 2. The second-order valence-corrected chi connectivity index (χ2v) is 6.16. The van der Waals surface area contributed by atoms with Gasteiger partial charge >= 0.3 is 0 Å². The Morgan fingerprint density at radius 2 is 2.23 bits per heavy atom. The third kappa shape index (κ3) is 5.18. The zero-order valence-corrected chi connectivity index (χ0v) is 13.9. The van der Waals surface area contributed by atoms with Crippen LogP contribution in [-0.4, -0.2) is 26.4 Å². The molecular weight excluding hydrogens is 296 g/mol. The molecule has 0 aliphatic carbocycles. The van der Waals surface area contributed by atoms with Gasteiger partial charge in [-0.2, -0.15) is 0 Å². The number of hydrogen-bond donors (Lipinski definition) is 1. The Kier molecular flexibility index (Phi) is 6.45. The van der Waals surface area contributed by atoms with Gasteiger partial charge in [0.15, 0.2) is 5.16 Å². The van der Waals surface area contributed by atoms with Crippen LogP contribution in [0.5, 0.6) is 0 Å². The molecule has 0 unspecified atom stereocenters. The number of hydrogen-bond acceptors (Lipinski definition) is 4. The van der Waals surface area contributed by atoms with E-state index in [4.69, 9.17) is 0 Å². The third-order valence-electron chi connectivity index (χ3n) is 3.22. The number of carbonyl (C=O) groups excluding carboxylic acids is 1. The molecule has 2 aromatic rings. The molecule has 0 atom stereocenters. The van der Waals surface area contributed by atoms with Crippen LogP contribution >= 0.6 is 11.8 Å². The molecule has 0 spiro atoms. The molecule has 0 saturated carbocycles. The summed E-state index contributed by atoms with van der Waals surface area (Å²) in [5.41, 5.74) is 1.95. The largest absolute Gasteiger partial charge is 0.325 e. The van der Waals surface area contributed by atoms with Gasteiger partial charge in [-0.15, -0.1) is 10.2 Å². The summed E-state index contributed by atoms with van der Waals surface area (Å²) in [7, 11) is 0. The maximum Gasteiger partial charge on any atom is 0.234 e. The van der Waals surface area contributed by atoms with Crippen LogP contribution in [0.4, 0.5) is 5.69 Å². The second-order valence-electron chi connectivity index (χ2n) is 5.22. The summed E-state index contributed by atoms with van der Waals surface area (Å²) in [6.07, 6.45) is 5.22. The zero-order chi connectivity index (χ0) is 15.8. The molecule has 0 aliphatic heterocycles. The molecule has 1 heterocycles. The summed E-state index contributed by atoms with van der Waals surface area (Å²) in [5, 5.41) is 11.7. The molecule has 118 valence electrons. The maximum absolute atomic E-state index is 12.0. The fraction of sp³-hybridized carbons (Fsp3) is 0.438. The lowest BCUT2D eigenvalue weighted by Crippen LogP contribution is -2.14. The molecule has 0 radical (unpaired) electrons. The molecule has 5 nitrogen and oxygen atoms in total. The first-order chi connectivity index (χ1) is 10.7. The molecular formula is C16H22N4OS. The lowest BCUT2D eigenvalue weighted by Gasteiger charge is -2.07. The summed E-state index contributed by atoms with van der Waals surface area (Å²) >= 11 is 1.42. The van der Waals surface area contributed by atoms with E-state index >= 15 is 0 Å². The van der Waals surface area contributed by atoms with Crippen molar-refractivity contribution in [1.82, 2.24) is 14.8 Å². The maximum atomic E-state index is 12.0. The summed E-state index contributed by atoms with van der Waals surface area (Å²) in [6.45, 7) is 5.09. The van der Waals surface area contributed by atoms with Gasteiger partial charge in [-0.3, -0.25) is 4.79 Å². The van der Waals surface area contributed by atoms with Crippen LogP contribution in [0.2, 0.25) is 0 Å². The Balaban J connectivity index is 1.82. The van der Waals surface area contributed by atoms with Crippen molar-refractivity contribution in [2.45, 2.75) is 44.8 Å². The van der Waals surface area contributed by atoms with E-state index in [9.17, 15) is 4.79 Å². The van der Waals surface area contributed by atoms with Crippen LogP contribution in [0.25, 0.3) is 0 Å². The van der Waals surface area contributed by atoms with Gasteiger partial charge in [0.1, 0.15) is 6.33 Å². The first-order valence-corrected chi connectivity index (χ1v) is 8.54. The molecule has 1 aromatic heterocycles. The molecule has 6 heteroatoms. The lowest BCUT2D eigenvalue weighted by atomic mass is 10.2. The van der Waals surface area contributed by atoms with Crippen molar-refractivity contribution in [1.29, 1.82) is 0 Å². The number of aromatic nitrogens is 3. The summed E-state index contributed by atoms with van der Waals surface area (Å²) < 4.78 is 2.01. The number of nitrogens with zero attached hydrogens (tertiary/aromatic N) is 3. The smallest absolute Gasteiger partial charge is 0.234 e. The Morgan fingerprint density at radius 1 is 1.36 bits per heavy atom. The average molecular weight is 318 g/mol. The van der Waals surface area contributed by atoms with E-state index in [1.54, 1.807) is 6.33 Å². The first-order valence-electron chi connectivity index (χ1n) is 7.56. The van der Waals surface area contributed by atoms with Crippen molar-refractivity contribution in [2.24, 2.45) is 0 Å². The van der Waals surface area contributed by atoms with Crippen LogP contribution < -0.4 is 5.32 Å². The number of thioether (sulfide) groups is 1. The fourth-order valence-electron chi connectivity index (χ4n) is 2.09. The minimum Gasteiger partial charge on any atom is -0.325 e. The van der Waals surface area contributed by atoms with E-state index in [1.165, 1.54) is 24.6 Å². The second kappa shape index (κ2) is 8.58. The van der Waals surface area contributed by atoms with Gasteiger partial charge in [0.05, 0.1) is 5.75 Å². The predicted molar refractivity (Wildman–Crippen MR) is 90.1 cm³/mol.